The summed E-state index contributed by atoms with van der Waals surface area (Å²) in [6.45, 7) is 2.03. The summed E-state index contributed by atoms with van der Waals surface area (Å²) in [4.78, 5) is 45.7. The number of rotatable bonds is 7. The first kappa shape index (κ1) is 28.3. The van der Waals surface area contributed by atoms with Gasteiger partial charge in [-0.3, -0.25) is 19.4 Å². The third-order valence-corrected chi connectivity index (χ3v) is 6.35. The normalized spacial score (nSPS) is 15.8. The van der Waals surface area contributed by atoms with Gasteiger partial charge in [-0.05, 0) is 56.2 Å². The first-order chi connectivity index (χ1) is 22.4. The largest absolute Gasteiger partial charge is 0.478 e. The predicted molar refractivity (Wildman–Crippen MR) is 156 cm³/mol. The molecule has 4 rings (SSSR count). The Labute approximate surface area is 259 Å². The van der Waals surface area contributed by atoms with Gasteiger partial charge in [0.2, 0.25) is 0 Å². The molecule has 15 heteroatoms. The quantitative estimate of drug-likeness (QED) is 0.237. The maximum Gasteiger partial charge on any atom is 0.416 e. The van der Waals surface area contributed by atoms with Gasteiger partial charge in [0.1, 0.15) is 29.1 Å². The van der Waals surface area contributed by atoms with Crippen LogP contribution in [0.4, 0.5) is 39.5 Å². The van der Waals surface area contributed by atoms with E-state index in [9.17, 15) is 31.9 Å². The van der Waals surface area contributed by atoms with Crippen LogP contribution in [0.1, 0.15) is 28.0 Å². The number of benzene rings is 1. The lowest BCUT2D eigenvalue weighted by Crippen LogP contribution is -2.48. The highest BCUT2D eigenvalue weighted by molar-refractivity contribution is 6.08. The Morgan fingerprint density at radius 3 is 2.56 bits per heavy atom. The second kappa shape index (κ2) is 13.0. The van der Waals surface area contributed by atoms with Crippen molar-refractivity contribution in [2.24, 2.45) is 0 Å². The Morgan fingerprint density at radius 1 is 1.22 bits per heavy atom. The fourth-order valence-electron chi connectivity index (χ4n) is 4.20. The van der Waals surface area contributed by atoms with Crippen molar-refractivity contribution in [2.75, 3.05) is 42.3 Å². The standard InChI is InChI=1S/C30H27F4N7O4/c1-17(2)26(42)36-23-15-21(37-38-27(23)45-5)7-6-12-40(22-10-8-20(31)9-11-22)28(43)24-16-39(4)29(44)41(24)25-14-19(30(32,33)34)13-18(3)35-25/h8-11,13-15,24H,1,12,16H2,2-5H3,(H,36,37,42)/t24-/m0/s1/i4D3. The molecular formula is C30H27F4N7O4. The Kier molecular flexibility index (Phi) is 8.17. The van der Waals surface area contributed by atoms with E-state index in [1.165, 1.54) is 39.2 Å². The summed E-state index contributed by atoms with van der Waals surface area (Å²) in [5.74, 6) is 2.62. The van der Waals surface area contributed by atoms with E-state index in [2.05, 4.69) is 38.9 Å². The number of urea groups is 1. The molecule has 234 valence electrons. The van der Waals surface area contributed by atoms with Gasteiger partial charge in [-0.15, -0.1) is 10.2 Å². The number of carbonyl (C=O) groups excluding carboxylic acids is 3. The van der Waals surface area contributed by atoms with Gasteiger partial charge >= 0.3 is 12.2 Å². The summed E-state index contributed by atoms with van der Waals surface area (Å²) >= 11 is 0. The van der Waals surface area contributed by atoms with Crippen LogP contribution in [0.3, 0.4) is 0 Å². The molecule has 3 heterocycles. The average Bonchev–Trinajstić information content (AvgIpc) is 3.36. The number of ether oxygens (including phenoxy) is 1. The summed E-state index contributed by atoms with van der Waals surface area (Å²) in [5, 5.41) is 10.3. The topological polar surface area (TPSA) is 121 Å². The number of hydrogen-bond acceptors (Lipinski definition) is 7. The first-order valence-electron chi connectivity index (χ1n) is 14.5. The number of aryl methyl sites for hydroxylation is 1. The maximum atomic E-state index is 14.2. The number of carbonyl (C=O) groups is 3. The number of halogens is 4. The molecule has 1 atom stereocenters. The van der Waals surface area contributed by atoms with Crippen molar-refractivity contribution in [3.63, 3.8) is 0 Å². The molecule has 11 nitrogen and oxygen atoms in total. The summed E-state index contributed by atoms with van der Waals surface area (Å²) in [5.41, 5.74) is -0.913. The number of aromatic nitrogens is 3. The Bertz CT molecular complexity index is 1830. The molecule has 0 aliphatic carbocycles. The number of anilines is 3. The third-order valence-electron chi connectivity index (χ3n) is 6.35. The van der Waals surface area contributed by atoms with Crippen LogP contribution in [0.2, 0.25) is 0 Å². The number of likely N-dealkylation sites (N-methyl/N-ethyl adjacent to an activating group) is 1. The lowest BCUT2D eigenvalue weighted by atomic mass is 10.1. The predicted octanol–water partition coefficient (Wildman–Crippen LogP) is 4.19. The molecule has 0 spiro atoms. The van der Waals surface area contributed by atoms with Crippen LogP contribution in [-0.4, -0.2) is 71.1 Å². The lowest BCUT2D eigenvalue weighted by molar-refractivity contribution is -0.137. The highest BCUT2D eigenvalue weighted by Gasteiger charge is 2.44. The van der Waals surface area contributed by atoms with Crippen LogP contribution in [0.25, 0.3) is 0 Å². The van der Waals surface area contributed by atoms with Crippen molar-refractivity contribution >= 4 is 35.0 Å². The Hall–Kier alpha value is -5.52. The van der Waals surface area contributed by atoms with E-state index in [0.717, 1.165) is 23.1 Å². The third kappa shape index (κ3) is 7.35. The van der Waals surface area contributed by atoms with E-state index >= 15 is 0 Å². The van der Waals surface area contributed by atoms with E-state index in [-0.39, 0.29) is 34.2 Å². The number of amides is 4. The fraction of sp³-hybridized carbons (Fsp3) is 0.267. The molecule has 4 amide bonds. The number of nitrogens with one attached hydrogen (secondary N) is 1. The average molecular weight is 629 g/mol. The highest BCUT2D eigenvalue weighted by atomic mass is 19.4. The smallest absolute Gasteiger partial charge is 0.416 e. The molecular weight excluding hydrogens is 598 g/mol. The van der Waals surface area contributed by atoms with Crippen molar-refractivity contribution in [1.82, 2.24) is 20.1 Å². The van der Waals surface area contributed by atoms with Gasteiger partial charge in [0.05, 0.1) is 25.8 Å². The fourth-order valence-corrected chi connectivity index (χ4v) is 4.20. The zero-order valence-electron chi connectivity index (χ0n) is 27.1. The molecule has 3 aromatic rings. The SMILES string of the molecule is [2H]C([2H])([2H])N1C[C@@H](C(=O)N(CC#Cc2cc(NC(=O)C(=C)C)c(OC)nn2)c2ccc(F)cc2)N(c2cc(C(F)(F)F)cc(C)n2)C1=O. The number of alkyl halides is 3. The van der Waals surface area contributed by atoms with Crippen molar-refractivity contribution < 1.29 is 40.8 Å². The van der Waals surface area contributed by atoms with Crippen molar-refractivity contribution in [3.05, 3.63) is 77.4 Å². The molecule has 1 fully saturated rings. The van der Waals surface area contributed by atoms with E-state index in [0.29, 0.717) is 15.9 Å². The lowest BCUT2D eigenvalue weighted by Gasteiger charge is -2.28. The molecule has 0 radical (unpaired) electrons. The van der Waals surface area contributed by atoms with E-state index in [1.807, 2.05) is 0 Å². The van der Waals surface area contributed by atoms with E-state index in [4.69, 9.17) is 8.85 Å². The molecule has 45 heavy (non-hydrogen) atoms. The minimum absolute atomic E-state index is 0.0224. The summed E-state index contributed by atoms with van der Waals surface area (Å²) in [7, 11) is 1.30. The second-order valence-corrected chi connectivity index (χ2v) is 9.72. The number of methoxy groups -OCH3 is 1. The molecule has 1 aromatic carbocycles. The van der Waals surface area contributed by atoms with Crippen molar-refractivity contribution in [3.8, 4) is 17.7 Å². The second-order valence-electron chi connectivity index (χ2n) is 9.72. The summed E-state index contributed by atoms with van der Waals surface area (Å²) in [6.07, 6.45) is -4.85. The number of hydrogen-bond donors (Lipinski definition) is 1. The van der Waals surface area contributed by atoms with Crippen LogP contribution in [0.5, 0.6) is 5.88 Å². The zero-order chi connectivity index (χ0) is 35.6. The molecule has 0 unspecified atom stereocenters. The van der Waals surface area contributed by atoms with Crippen LogP contribution < -0.4 is 19.9 Å². The molecule has 1 saturated heterocycles. The van der Waals surface area contributed by atoms with E-state index < -0.39 is 67.3 Å². The minimum Gasteiger partial charge on any atom is -0.478 e. The molecule has 0 saturated carbocycles. The number of pyridine rings is 1. The van der Waals surface area contributed by atoms with Crippen LogP contribution in [0, 0.1) is 24.6 Å². The molecule has 1 aliphatic heterocycles. The summed E-state index contributed by atoms with van der Waals surface area (Å²) < 4.78 is 83.4. The first-order valence-corrected chi connectivity index (χ1v) is 13.0. The minimum atomic E-state index is -4.85. The molecule has 0 bridgehead atoms. The monoisotopic (exact) mass is 628 g/mol. The van der Waals surface area contributed by atoms with Crippen LogP contribution in [-0.2, 0) is 15.8 Å². The molecule has 1 N–H and O–H groups in total. The molecule has 1 aliphatic rings. The summed E-state index contributed by atoms with van der Waals surface area (Å²) in [6, 6.07) is 4.19. The van der Waals surface area contributed by atoms with Crippen molar-refractivity contribution in [1.29, 1.82) is 0 Å². The van der Waals surface area contributed by atoms with Gasteiger partial charge in [-0.25, -0.2) is 14.2 Å². The van der Waals surface area contributed by atoms with Crippen LogP contribution in [0.15, 0.2) is 54.6 Å². The van der Waals surface area contributed by atoms with Gasteiger partial charge in [-0.2, -0.15) is 13.2 Å². The van der Waals surface area contributed by atoms with Crippen LogP contribution >= 0.6 is 0 Å². The van der Waals surface area contributed by atoms with Gasteiger partial charge in [0.15, 0.2) is 0 Å². The highest BCUT2D eigenvalue weighted by Crippen LogP contribution is 2.34. The maximum absolute atomic E-state index is 14.2. The molecule has 2 aromatic heterocycles. The number of nitrogens with zero attached hydrogens (tertiary/aromatic N) is 6. The van der Waals surface area contributed by atoms with Gasteiger partial charge in [0, 0.05) is 34.1 Å². The van der Waals surface area contributed by atoms with Crippen molar-refractivity contribution in [2.45, 2.75) is 26.1 Å². The zero-order valence-corrected chi connectivity index (χ0v) is 24.1. The Balaban J connectivity index is 1.76. The van der Waals surface area contributed by atoms with Gasteiger partial charge in [-0.1, -0.05) is 12.5 Å². The Morgan fingerprint density at radius 2 is 1.93 bits per heavy atom. The van der Waals surface area contributed by atoms with Gasteiger partial charge in [0.25, 0.3) is 17.7 Å². The van der Waals surface area contributed by atoms with E-state index in [1.54, 1.807) is 0 Å². The van der Waals surface area contributed by atoms with Gasteiger partial charge < -0.3 is 15.0 Å².